The molecule has 3 rings (SSSR count). The molecule has 1 aliphatic rings. The van der Waals surface area contributed by atoms with Crippen LogP contribution in [0.3, 0.4) is 0 Å². The van der Waals surface area contributed by atoms with Gasteiger partial charge in [0.15, 0.2) is 5.76 Å². The highest BCUT2D eigenvalue weighted by Gasteiger charge is 2.24. The summed E-state index contributed by atoms with van der Waals surface area (Å²) >= 11 is 0. The van der Waals surface area contributed by atoms with Crippen molar-refractivity contribution in [1.29, 1.82) is 0 Å². The molecule has 1 saturated heterocycles. The number of piperazine rings is 1. The van der Waals surface area contributed by atoms with Crippen LogP contribution >= 0.6 is 0 Å². The minimum Gasteiger partial charge on any atom is -0.459 e. The van der Waals surface area contributed by atoms with E-state index in [9.17, 15) is 4.79 Å². The summed E-state index contributed by atoms with van der Waals surface area (Å²) in [5.41, 5.74) is 3.48. The molecule has 0 atom stereocenters. The molecule has 110 valence electrons. The van der Waals surface area contributed by atoms with Gasteiger partial charge >= 0.3 is 0 Å². The van der Waals surface area contributed by atoms with Crippen molar-refractivity contribution in [1.82, 2.24) is 4.90 Å². The average molecular weight is 284 g/mol. The van der Waals surface area contributed by atoms with Gasteiger partial charge in [-0.1, -0.05) is 12.1 Å². The zero-order valence-corrected chi connectivity index (χ0v) is 12.5. The van der Waals surface area contributed by atoms with E-state index in [0.717, 1.165) is 31.7 Å². The zero-order chi connectivity index (χ0) is 14.8. The highest BCUT2D eigenvalue weighted by atomic mass is 16.3. The second-order valence-electron chi connectivity index (χ2n) is 5.61. The van der Waals surface area contributed by atoms with Crippen LogP contribution in [0.15, 0.2) is 41.0 Å². The van der Waals surface area contributed by atoms with Gasteiger partial charge in [0.25, 0.3) is 5.91 Å². The molecule has 1 aromatic carbocycles. The molecule has 0 saturated carbocycles. The number of hydrogen-bond acceptors (Lipinski definition) is 3. The fourth-order valence-electron chi connectivity index (χ4n) is 2.69. The largest absolute Gasteiger partial charge is 0.459 e. The summed E-state index contributed by atoms with van der Waals surface area (Å²) in [7, 11) is 0. The fourth-order valence-corrected chi connectivity index (χ4v) is 2.69. The van der Waals surface area contributed by atoms with Gasteiger partial charge in [0, 0.05) is 31.9 Å². The van der Waals surface area contributed by atoms with Crippen LogP contribution < -0.4 is 4.90 Å². The lowest BCUT2D eigenvalue weighted by molar-refractivity contribution is 0.0714. The van der Waals surface area contributed by atoms with Crippen LogP contribution in [-0.2, 0) is 0 Å². The van der Waals surface area contributed by atoms with Gasteiger partial charge in [0.05, 0.1) is 6.26 Å². The molecular weight excluding hydrogens is 264 g/mol. The molecule has 21 heavy (non-hydrogen) atoms. The van der Waals surface area contributed by atoms with Gasteiger partial charge in [-0.2, -0.15) is 0 Å². The quantitative estimate of drug-likeness (QED) is 0.851. The van der Waals surface area contributed by atoms with Crippen molar-refractivity contribution in [3.05, 3.63) is 53.5 Å². The number of benzene rings is 1. The van der Waals surface area contributed by atoms with Gasteiger partial charge in [-0.15, -0.1) is 0 Å². The van der Waals surface area contributed by atoms with Crippen molar-refractivity contribution in [2.45, 2.75) is 13.8 Å². The molecule has 4 heteroatoms. The molecule has 1 aromatic heterocycles. The van der Waals surface area contributed by atoms with E-state index in [4.69, 9.17) is 4.42 Å². The Morgan fingerprint density at radius 1 is 1.05 bits per heavy atom. The molecule has 0 bridgehead atoms. The second-order valence-corrected chi connectivity index (χ2v) is 5.61. The van der Waals surface area contributed by atoms with Crippen molar-refractivity contribution >= 4 is 11.6 Å². The molecule has 2 heterocycles. The van der Waals surface area contributed by atoms with E-state index in [1.807, 2.05) is 11.8 Å². The molecule has 4 nitrogen and oxygen atoms in total. The lowest BCUT2D eigenvalue weighted by atomic mass is 10.2. The molecule has 0 radical (unpaired) electrons. The normalized spacial score (nSPS) is 15.3. The molecule has 0 aliphatic carbocycles. The fraction of sp³-hybridized carbons (Fsp3) is 0.353. The Labute approximate surface area is 125 Å². The monoisotopic (exact) mass is 284 g/mol. The number of aryl methyl sites for hydroxylation is 2. The first-order chi connectivity index (χ1) is 10.1. The zero-order valence-electron chi connectivity index (χ0n) is 12.5. The minimum atomic E-state index is -0.00741. The molecule has 1 fully saturated rings. The van der Waals surface area contributed by atoms with Crippen molar-refractivity contribution in [2.75, 3.05) is 31.1 Å². The summed E-state index contributed by atoms with van der Waals surface area (Å²) in [5.74, 6) is 0.434. The summed E-state index contributed by atoms with van der Waals surface area (Å²) in [6.07, 6.45) is 1.62. The van der Waals surface area contributed by atoms with Gasteiger partial charge in [0.2, 0.25) is 0 Å². The standard InChI is InChI=1S/C17H20N2O2/c1-13-4-3-5-15(10-13)18-6-8-19(9-7-18)17(20)16-11-14(2)12-21-16/h3-5,10-12H,6-9H2,1-2H3. The first kappa shape index (κ1) is 13.7. The summed E-state index contributed by atoms with van der Waals surface area (Å²) in [4.78, 5) is 16.5. The number of hydrogen-bond donors (Lipinski definition) is 0. The summed E-state index contributed by atoms with van der Waals surface area (Å²) < 4.78 is 5.30. The van der Waals surface area contributed by atoms with E-state index >= 15 is 0 Å². The molecule has 2 aromatic rings. The van der Waals surface area contributed by atoms with E-state index in [0.29, 0.717) is 5.76 Å². The number of furan rings is 1. The highest BCUT2D eigenvalue weighted by molar-refractivity contribution is 5.91. The lowest BCUT2D eigenvalue weighted by Crippen LogP contribution is -2.48. The van der Waals surface area contributed by atoms with E-state index in [1.165, 1.54) is 11.3 Å². The van der Waals surface area contributed by atoms with Gasteiger partial charge in [0.1, 0.15) is 0 Å². The van der Waals surface area contributed by atoms with Crippen molar-refractivity contribution in [2.24, 2.45) is 0 Å². The Kier molecular flexibility index (Phi) is 3.69. The number of amides is 1. The highest BCUT2D eigenvalue weighted by Crippen LogP contribution is 2.19. The molecule has 0 unspecified atom stereocenters. The minimum absolute atomic E-state index is 0.00741. The first-order valence-corrected chi connectivity index (χ1v) is 7.29. The van der Waals surface area contributed by atoms with Crippen molar-refractivity contribution < 1.29 is 9.21 Å². The Hall–Kier alpha value is -2.23. The van der Waals surface area contributed by atoms with Crippen LogP contribution in [0.4, 0.5) is 5.69 Å². The van der Waals surface area contributed by atoms with Crippen LogP contribution in [0, 0.1) is 13.8 Å². The Balaban J connectivity index is 1.64. The molecular formula is C17H20N2O2. The molecule has 1 amide bonds. The smallest absolute Gasteiger partial charge is 0.289 e. The van der Waals surface area contributed by atoms with Crippen LogP contribution in [0.2, 0.25) is 0 Å². The Bertz CT molecular complexity index is 640. The van der Waals surface area contributed by atoms with Gasteiger partial charge in [-0.25, -0.2) is 0 Å². The third kappa shape index (κ3) is 2.94. The molecule has 1 aliphatic heterocycles. The van der Waals surface area contributed by atoms with E-state index in [2.05, 4.69) is 36.1 Å². The number of carbonyl (C=O) groups excluding carboxylic acids is 1. The third-order valence-corrected chi connectivity index (χ3v) is 3.88. The van der Waals surface area contributed by atoms with Crippen LogP contribution in [0.25, 0.3) is 0 Å². The van der Waals surface area contributed by atoms with E-state index < -0.39 is 0 Å². The Morgan fingerprint density at radius 2 is 1.81 bits per heavy atom. The average Bonchev–Trinajstić information content (AvgIpc) is 2.93. The molecule has 0 N–H and O–H groups in total. The predicted molar refractivity (Wildman–Crippen MR) is 82.7 cm³/mol. The maximum Gasteiger partial charge on any atom is 0.289 e. The van der Waals surface area contributed by atoms with Gasteiger partial charge in [-0.05, 0) is 43.2 Å². The summed E-state index contributed by atoms with van der Waals surface area (Å²) in [6.45, 7) is 7.20. The topological polar surface area (TPSA) is 36.7 Å². The number of rotatable bonds is 2. The summed E-state index contributed by atoms with van der Waals surface area (Å²) in [5, 5.41) is 0. The van der Waals surface area contributed by atoms with E-state index in [-0.39, 0.29) is 5.91 Å². The van der Waals surface area contributed by atoms with E-state index in [1.54, 1.807) is 12.3 Å². The molecule has 0 spiro atoms. The maximum absolute atomic E-state index is 12.3. The lowest BCUT2D eigenvalue weighted by Gasteiger charge is -2.35. The van der Waals surface area contributed by atoms with Crippen molar-refractivity contribution in [3.8, 4) is 0 Å². The van der Waals surface area contributed by atoms with Gasteiger partial charge < -0.3 is 14.2 Å². The van der Waals surface area contributed by atoms with Crippen molar-refractivity contribution in [3.63, 3.8) is 0 Å². The summed E-state index contributed by atoms with van der Waals surface area (Å²) in [6, 6.07) is 10.3. The number of anilines is 1. The maximum atomic E-state index is 12.3. The van der Waals surface area contributed by atoms with Gasteiger partial charge in [-0.3, -0.25) is 4.79 Å². The van der Waals surface area contributed by atoms with Crippen LogP contribution in [0.1, 0.15) is 21.7 Å². The first-order valence-electron chi connectivity index (χ1n) is 7.29. The van der Waals surface area contributed by atoms with Crippen LogP contribution in [0.5, 0.6) is 0 Å². The third-order valence-electron chi connectivity index (χ3n) is 3.88. The van der Waals surface area contributed by atoms with Crippen LogP contribution in [-0.4, -0.2) is 37.0 Å². The number of nitrogens with zero attached hydrogens (tertiary/aromatic N) is 2. The predicted octanol–water partition coefficient (Wildman–Crippen LogP) is 2.86. The SMILES string of the molecule is Cc1cccc(N2CCN(C(=O)c3cc(C)co3)CC2)c1. The second kappa shape index (κ2) is 5.64. The number of carbonyl (C=O) groups is 1. The Morgan fingerprint density at radius 3 is 2.43 bits per heavy atom.